The lowest BCUT2D eigenvalue weighted by atomic mass is 9.48. The van der Waals surface area contributed by atoms with Crippen molar-refractivity contribution in [2.75, 3.05) is 13.2 Å². The molecule has 1 saturated heterocycles. The molecule has 0 spiro atoms. The van der Waals surface area contributed by atoms with Gasteiger partial charge in [-0.1, -0.05) is 0 Å². The van der Waals surface area contributed by atoms with Crippen LogP contribution in [0.5, 0.6) is 0 Å². The van der Waals surface area contributed by atoms with E-state index in [1.54, 1.807) is 0 Å². The predicted molar refractivity (Wildman–Crippen MR) is 107 cm³/mol. The second kappa shape index (κ2) is 7.12. The first-order valence-electron chi connectivity index (χ1n) is 12.1. The third kappa shape index (κ3) is 3.56. The molecule has 0 amide bonds. The van der Waals surface area contributed by atoms with Crippen molar-refractivity contribution in [1.29, 1.82) is 0 Å². The van der Waals surface area contributed by atoms with E-state index in [-0.39, 0.29) is 48.3 Å². The van der Waals surface area contributed by atoms with Crippen molar-refractivity contribution in [1.82, 2.24) is 0 Å². The van der Waals surface area contributed by atoms with Crippen molar-refractivity contribution in [2.45, 2.75) is 82.0 Å². The van der Waals surface area contributed by atoms with Crippen molar-refractivity contribution in [3.8, 4) is 0 Å². The van der Waals surface area contributed by atoms with E-state index in [0.29, 0.717) is 25.7 Å². The Hall–Kier alpha value is -1.77. The Kier molecular flexibility index (Phi) is 4.69. The highest BCUT2D eigenvalue weighted by atomic mass is 19.3. The van der Waals surface area contributed by atoms with Gasteiger partial charge < -0.3 is 18.9 Å². The molecule has 7 fully saturated rings. The molecule has 182 valence electrons. The van der Waals surface area contributed by atoms with Crippen molar-refractivity contribution >= 4 is 17.9 Å². The van der Waals surface area contributed by atoms with E-state index in [4.69, 9.17) is 18.9 Å². The molecule has 7 atom stereocenters. The molecule has 6 saturated carbocycles. The Labute approximate surface area is 190 Å². The zero-order valence-electron chi connectivity index (χ0n) is 18.7. The van der Waals surface area contributed by atoms with Gasteiger partial charge in [-0.2, -0.15) is 0 Å². The minimum atomic E-state index is -3.07. The van der Waals surface area contributed by atoms with Gasteiger partial charge in [0.15, 0.2) is 6.61 Å². The van der Waals surface area contributed by atoms with Gasteiger partial charge >= 0.3 is 17.9 Å². The van der Waals surface area contributed by atoms with Gasteiger partial charge in [0.05, 0.1) is 16.9 Å². The fourth-order valence-electron chi connectivity index (χ4n) is 8.39. The lowest BCUT2D eigenvalue weighted by Gasteiger charge is -2.60. The van der Waals surface area contributed by atoms with E-state index in [1.807, 2.05) is 0 Å². The fourth-order valence-corrected chi connectivity index (χ4v) is 8.39. The van der Waals surface area contributed by atoms with E-state index >= 15 is 0 Å². The number of carbonyl (C=O) groups is 3. The van der Waals surface area contributed by atoms with Crippen LogP contribution in [0.1, 0.15) is 58.3 Å². The number of carbonyl (C=O) groups excluding carboxylic acids is 3. The van der Waals surface area contributed by atoms with Gasteiger partial charge in [-0.15, -0.1) is 0 Å². The first-order valence-corrected chi connectivity index (χ1v) is 12.1. The van der Waals surface area contributed by atoms with E-state index in [9.17, 15) is 23.2 Å². The van der Waals surface area contributed by atoms with Crippen LogP contribution in [0.2, 0.25) is 0 Å². The molecule has 7 unspecified atom stereocenters. The lowest BCUT2D eigenvalue weighted by molar-refractivity contribution is -0.218. The smallest absolute Gasteiger partial charge is 0.332 e. The molecule has 0 aromatic rings. The van der Waals surface area contributed by atoms with Crippen LogP contribution in [-0.2, 0) is 33.3 Å². The molecule has 7 aliphatic rings. The zero-order valence-corrected chi connectivity index (χ0v) is 18.7. The van der Waals surface area contributed by atoms with Crippen LogP contribution in [0, 0.1) is 35.0 Å². The summed E-state index contributed by atoms with van der Waals surface area (Å²) in [5, 5.41) is 0. The van der Waals surface area contributed by atoms with Crippen LogP contribution < -0.4 is 0 Å². The Morgan fingerprint density at radius 2 is 1.85 bits per heavy atom. The van der Waals surface area contributed by atoms with Gasteiger partial charge in [0.1, 0.15) is 18.8 Å². The molecule has 0 N–H and O–H groups in total. The predicted octanol–water partition coefficient (Wildman–Crippen LogP) is 3.03. The van der Waals surface area contributed by atoms with E-state index in [0.717, 1.165) is 32.6 Å². The summed E-state index contributed by atoms with van der Waals surface area (Å²) in [5.74, 6) is -3.48. The summed E-state index contributed by atoms with van der Waals surface area (Å²) in [5.41, 5.74) is -1.44. The second-order valence-corrected chi connectivity index (χ2v) is 11.7. The summed E-state index contributed by atoms with van der Waals surface area (Å²) in [6.07, 6.45) is 5.00. The van der Waals surface area contributed by atoms with Crippen molar-refractivity contribution < 1.29 is 42.1 Å². The number of halogens is 2. The highest BCUT2D eigenvalue weighted by Crippen LogP contribution is 2.63. The summed E-state index contributed by atoms with van der Waals surface area (Å²) < 4.78 is 48.9. The van der Waals surface area contributed by atoms with Crippen LogP contribution in [0.15, 0.2) is 0 Å². The summed E-state index contributed by atoms with van der Waals surface area (Å²) in [6.45, 7) is -0.409. The van der Waals surface area contributed by atoms with Gasteiger partial charge in [-0.25, -0.2) is 13.6 Å². The Balaban J connectivity index is 1.09. The van der Waals surface area contributed by atoms with Crippen LogP contribution in [0.25, 0.3) is 0 Å². The number of rotatable bonds is 7. The van der Waals surface area contributed by atoms with Crippen molar-refractivity contribution in [3.05, 3.63) is 0 Å². The third-order valence-electron chi connectivity index (χ3n) is 9.07. The highest BCUT2D eigenvalue weighted by molar-refractivity contribution is 5.78. The maximum absolute atomic E-state index is 13.3. The Morgan fingerprint density at radius 1 is 1.12 bits per heavy atom. The normalized spacial score (nSPS) is 46.5. The standard InChI is InChI=1S/C24H30F2O7/c1-22(25,26)11-30-21(29)23-5-12-2-13(6-23)8-24(7-12,10-23)31-9-17(27)32-18-14-3-15-16(4-14)20(28)33-19(15)18/h12-16,18-19H,2-11H2,1H3. The van der Waals surface area contributed by atoms with Crippen LogP contribution in [0.3, 0.4) is 0 Å². The molecule has 0 aromatic carbocycles. The molecule has 6 bridgehead atoms. The molecule has 7 nitrogen and oxygen atoms in total. The minimum absolute atomic E-state index is 0.0400. The monoisotopic (exact) mass is 468 g/mol. The number of ether oxygens (including phenoxy) is 4. The molecule has 7 rings (SSSR count). The number of alkyl halides is 2. The summed E-state index contributed by atoms with van der Waals surface area (Å²) in [7, 11) is 0. The molecule has 1 aliphatic heterocycles. The van der Waals surface area contributed by atoms with Gasteiger partial charge in [-0.3, -0.25) is 9.59 Å². The van der Waals surface area contributed by atoms with Crippen LogP contribution in [0.4, 0.5) is 8.78 Å². The lowest BCUT2D eigenvalue weighted by Crippen LogP contribution is -2.60. The molecule has 0 radical (unpaired) electrons. The minimum Gasteiger partial charge on any atom is -0.459 e. The molecule has 1 heterocycles. The highest BCUT2D eigenvalue weighted by Gasteiger charge is 2.64. The SMILES string of the molecule is CC(F)(F)COC(=O)C12CC3CC(CC(OCC(=O)OC4C5CC6C(=O)OC4C6C5)(C3)C1)C2. The van der Waals surface area contributed by atoms with Gasteiger partial charge in [-0.05, 0) is 63.2 Å². The second-order valence-electron chi connectivity index (χ2n) is 11.7. The molecule has 9 heteroatoms. The average Bonchev–Trinajstić information content (AvgIpc) is 3.34. The number of hydrogen-bond donors (Lipinski definition) is 0. The first kappa shape index (κ1) is 21.7. The molecule has 33 heavy (non-hydrogen) atoms. The van der Waals surface area contributed by atoms with Crippen LogP contribution >= 0.6 is 0 Å². The van der Waals surface area contributed by atoms with Crippen LogP contribution in [-0.4, -0.2) is 54.9 Å². The summed E-state index contributed by atoms with van der Waals surface area (Å²) in [4.78, 5) is 37.5. The number of fused-ring (bicyclic) bond motifs is 1. The maximum Gasteiger partial charge on any atom is 0.332 e. The van der Waals surface area contributed by atoms with Gasteiger partial charge in [0, 0.05) is 18.8 Å². The topological polar surface area (TPSA) is 88.1 Å². The van der Waals surface area contributed by atoms with E-state index in [2.05, 4.69) is 0 Å². The quantitative estimate of drug-likeness (QED) is 0.419. The van der Waals surface area contributed by atoms with Crippen molar-refractivity contribution in [2.24, 2.45) is 35.0 Å². The number of hydrogen-bond acceptors (Lipinski definition) is 7. The van der Waals surface area contributed by atoms with Gasteiger partial charge in [0.25, 0.3) is 5.92 Å². The first-order chi connectivity index (χ1) is 15.5. The summed E-state index contributed by atoms with van der Waals surface area (Å²) in [6, 6.07) is 0. The fraction of sp³-hybridized carbons (Fsp3) is 0.875. The summed E-state index contributed by atoms with van der Waals surface area (Å²) >= 11 is 0. The molecular formula is C24H30F2O7. The third-order valence-corrected chi connectivity index (χ3v) is 9.07. The van der Waals surface area contributed by atoms with E-state index in [1.165, 1.54) is 0 Å². The maximum atomic E-state index is 13.3. The Morgan fingerprint density at radius 3 is 2.55 bits per heavy atom. The average molecular weight is 468 g/mol. The molecule has 0 aromatic heterocycles. The largest absolute Gasteiger partial charge is 0.459 e. The van der Waals surface area contributed by atoms with E-state index < -0.39 is 41.6 Å². The molecule has 6 aliphatic carbocycles. The number of esters is 3. The zero-order chi connectivity index (χ0) is 23.2. The molecular weight excluding hydrogens is 438 g/mol. The Bertz CT molecular complexity index is 869. The van der Waals surface area contributed by atoms with Gasteiger partial charge in [0.2, 0.25) is 0 Å². The van der Waals surface area contributed by atoms with Crippen molar-refractivity contribution in [3.63, 3.8) is 0 Å².